The monoisotopic (exact) mass is 424 g/mol. The normalized spacial score (nSPS) is 10.1. The highest BCUT2D eigenvalue weighted by Gasteiger charge is 2.08. The molecule has 8 heteroatoms. The van der Waals surface area contributed by atoms with E-state index in [9.17, 15) is 19.2 Å². The fourth-order valence-electron chi connectivity index (χ4n) is 2.74. The van der Waals surface area contributed by atoms with E-state index >= 15 is 0 Å². The zero-order valence-electron chi connectivity index (χ0n) is 17.4. The SMILES string of the molecule is O=C(CCCC(=O)NNC(=O)CCc1ccccc1)NNC(=O)CCc1ccccc1. The van der Waals surface area contributed by atoms with Crippen molar-refractivity contribution >= 4 is 23.6 Å². The van der Waals surface area contributed by atoms with Crippen LogP contribution in [0.15, 0.2) is 60.7 Å². The van der Waals surface area contributed by atoms with E-state index in [0.29, 0.717) is 12.8 Å². The molecule has 0 unspecified atom stereocenters. The molecule has 2 aromatic carbocycles. The van der Waals surface area contributed by atoms with Gasteiger partial charge in [0.1, 0.15) is 0 Å². The summed E-state index contributed by atoms with van der Waals surface area (Å²) in [4.78, 5) is 47.1. The van der Waals surface area contributed by atoms with Crippen LogP contribution in [-0.2, 0) is 32.0 Å². The molecular formula is C23H28N4O4. The summed E-state index contributed by atoms with van der Waals surface area (Å²) in [6.45, 7) is 0. The summed E-state index contributed by atoms with van der Waals surface area (Å²) in [5.41, 5.74) is 11.5. The Morgan fingerprint density at radius 2 is 0.806 bits per heavy atom. The van der Waals surface area contributed by atoms with Crippen molar-refractivity contribution in [2.24, 2.45) is 0 Å². The van der Waals surface area contributed by atoms with Crippen molar-refractivity contribution in [3.05, 3.63) is 71.8 Å². The molecule has 0 spiro atoms. The summed E-state index contributed by atoms with van der Waals surface area (Å²) in [5.74, 6) is -1.33. The molecule has 31 heavy (non-hydrogen) atoms. The largest absolute Gasteiger partial charge is 0.273 e. The lowest BCUT2D eigenvalue weighted by Gasteiger charge is -2.09. The van der Waals surface area contributed by atoms with Crippen molar-refractivity contribution in [1.29, 1.82) is 0 Å². The standard InChI is InChI=1S/C23H28N4O4/c28-20(24-26-22(30)16-14-18-8-3-1-4-9-18)12-7-13-21(29)25-27-23(31)17-15-19-10-5-2-6-11-19/h1-6,8-11H,7,12-17H2,(H,24,28)(H,25,29)(H,26,30)(H,27,31). The molecule has 0 atom stereocenters. The summed E-state index contributed by atoms with van der Waals surface area (Å²) in [6, 6.07) is 19.2. The third-order valence-electron chi connectivity index (χ3n) is 4.46. The minimum atomic E-state index is -0.382. The van der Waals surface area contributed by atoms with E-state index < -0.39 is 0 Å². The van der Waals surface area contributed by atoms with Crippen molar-refractivity contribution in [3.63, 3.8) is 0 Å². The molecule has 0 aliphatic rings. The van der Waals surface area contributed by atoms with Gasteiger partial charge in [-0.25, -0.2) is 0 Å². The molecule has 2 rings (SSSR count). The lowest BCUT2D eigenvalue weighted by Crippen LogP contribution is -2.42. The Labute approximate surface area is 181 Å². The van der Waals surface area contributed by atoms with E-state index in [2.05, 4.69) is 21.7 Å². The van der Waals surface area contributed by atoms with Gasteiger partial charge in [0, 0.05) is 25.7 Å². The van der Waals surface area contributed by atoms with Crippen LogP contribution in [0.2, 0.25) is 0 Å². The number of amides is 4. The Balaban J connectivity index is 1.49. The first-order chi connectivity index (χ1) is 15.0. The molecule has 0 heterocycles. The number of nitrogens with one attached hydrogen (secondary N) is 4. The molecule has 0 aromatic heterocycles. The second-order valence-corrected chi connectivity index (χ2v) is 7.02. The van der Waals surface area contributed by atoms with E-state index in [1.54, 1.807) is 0 Å². The Hall–Kier alpha value is -3.68. The zero-order valence-corrected chi connectivity index (χ0v) is 17.4. The molecular weight excluding hydrogens is 396 g/mol. The smallest absolute Gasteiger partial charge is 0.238 e. The average Bonchev–Trinajstić information content (AvgIpc) is 2.80. The highest BCUT2D eigenvalue weighted by atomic mass is 16.2. The first-order valence-electron chi connectivity index (χ1n) is 10.3. The first-order valence-corrected chi connectivity index (χ1v) is 10.3. The van der Waals surface area contributed by atoms with Crippen molar-refractivity contribution in [3.8, 4) is 0 Å². The topological polar surface area (TPSA) is 116 Å². The number of aryl methyl sites for hydroxylation is 2. The summed E-state index contributed by atoms with van der Waals surface area (Å²) in [5, 5.41) is 0. The van der Waals surface area contributed by atoms with Gasteiger partial charge < -0.3 is 0 Å². The molecule has 0 bridgehead atoms. The van der Waals surface area contributed by atoms with Gasteiger partial charge in [0.05, 0.1) is 0 Å². The molecule has 0 saturated carbocycles. The van der Waals surface area contributed by atoms with E-state index in [1.807, 2.05) is 60.7 Å². The zero-order chi connectivity index (χ0) is 22.3. The predicted octanol–water partition coefficient (Wildman–Crippen LogP) is 1.72. The number of benzene rings is 2. The van der Waals surface area contributed by atoms with Crippen LogP contribution >= 0.6 is 0 Å². The Kier molecular flexibility index (Phi) is 10.3. The summed E-state index contributed by atoms with van der Waals surface area (Å²) >= 11 is 0. The second-order valence-electron chi connectivity index (χ2n) is 7.02. The molecule has 0 radical (unpaired) electrons. The fourth-order valence-corrected chi connectivity index (χ4v) is 2.74. The van der Waals surface area contributed by atoms with Crippen molar-refractivity contribution in [2.45, 2.75) is 44.9 Å². The van der Waals surface area contributed by atoms with E-state index in [0.717, 1.165) is 11.1 Å². The highest BCUT2D eigenvalue weighted by Crippen LogP contribution is 2.03. The van der Waals surface area contributed by atoms with Crippen molar-refractivity contribution in [2.75, 3.05) is 0 Å². The van der Waals surface area contributed by atoms with Gasteiger partial charge in [-0.15, -0.1) is 0 Å². The molecule has 4 N–H and O–H groups in total. The third-order valence-corrected chi connectivity index (χ3v) is 4.46. The summed E-state index contributed by atoms with van der Waals surface area (Å²) in [7, 11) is 0. The summed E-state index contributed by atoms with van der Waals surface area (Å²) < 4.78 is 0. The maximum Gasteiger partial charge on any atom is 0.238 e. The van der Waals surface area contributed by atoms with Crippen LogP contribution in [0.3, 0.4) is 0 Å². The number of hydrazine groups is 2. The van der Waals surface area contributed by atoms with Gasteiger partial charge in [-0.05, 0) is 30.4 Å². The maximum absolute atomic E-state index is 11.8. The van der Waals surface area contributed by atoms with Gasteiger partial charge in [-0.2, -0.15) is 0 Å². The van der Waals surface area contributed by atoms with Gasteiger partial charge >= 0.3 is 0 Å². The van der Waals surface area contributed by atoms with Crippen LogP contribution in [0.25, 0.3) is 0 Å². The van der Waals surface area contributed by atoms with Crippen LogP contribution < -0.4 is 21.7 Å². The molecule has 0 saturated heterocycles. The fraction of sp³-hybridized carbons (Fsp3) is 0.304. The van der Waals surface area contributed by atoms with Crippen LogP contribution in [-0.4, -0.2) is 23.6 Å². The van der Waals surface area contributed by atoms with Gasteiger partial charge in [0.25, 0.3) is 0 Å². The van der Waals surface area contributed by atoms with E-state index in [4.69, 9.17) is 0 Å². The third kappa shape index (κ3) is 10.6. The minimum absolute atomic E-state index is 0.0777. The second kappa shape index (κ2) is 13.5. The molecule has 4 amide bonds. The van der Waals surface area contributed by atoms with Gasteiger partial charge in [0.2, 0.25) is 23.6 Å². The Morgan fingerprint density at radius 1 is 0.484 bits per heavy atom. The minimum Gasteiger partial charge on any atom is -0.273 e. The van der Waals surface area contributed by atoms with Gasteiger partial charge in [-0.1, -0.05) is 60.7 Å². The quantitative estimate of drug-likeness (QED) is 0.435. The first kappa shape index (κ1) is 23.6. The molecule has 8 nitrogen and oxygen atoms in total. The van der Waals surface area contributed by atoms with Crippen LogP contribution in [0.1, 0.15) is 43.2 Å². The van der Waals surface area contributed by atoms with Gasteiger partial charge in [-0.3, -0.25) is 40.9 Å². The number of carbonyl (C=O) groups excluding carboxylic acids is 4. The van der Waals surface area contributed by atoms with Crippen molar-refractivity contribution in [1.82, 2.24) is 21.7 Å². The van der Waals surface area contributed by atoms with Crippen LogP contribution in [0.4, 0.5) is 0 Å². The van der Waals surface area contributed by atoms with Gasteiger partial charge in [0.15, 0.2) is 0 Å². The van der Waals surface area contributed by atoms with E-state index in [1.165, 1.54) is 0 Å². The number of carbonyl (C=O) groups is 4. The molecule has 164 valence electrons. The summed E-state index contributed by atoms with van der Waals surface area (Å²) in [6.07, 6.45) is 2.13. The molecule has 2 aromatic rings. The van der Waals surface area contributed by atoms with E-state index in [-0.39, 0.29) is 55.7 Å². The molecule has 0 aliphatic carbocycles. The highest BCUT2D eigenvalue weighted by molar-refractivity contribution is 5.83. The molecule has 0 fully saturated rings. The molecule has 0 aliphatic heterocycles. The van der Waals surface area contributed by atoms with Crippen LogP contribution in [0, 0.1) is 0 Å². The Morgan fingerprint density at radius 3 is 1.16 bits per heavy atom. The van der Waals surface area contributed by atoms with Crippen molar-refractivity contribution < 1.29 is 19.2 Å². The number of hydrogen-bond donors (Lipinski definition) is 4. The lowest BCUT2D eigenvalue weighted by atomic mass is 10.1. The number of hydrogen-bond acceptors (Lipinski definition) is 4. The van der Waals surface area contributed by atoms with Crippen LogP contribution in [0.5, 0.6) is 0 Å². The maximum atomic E-state index is 11.8. The Bertz CT molecular complexity index is 785. The predicted molar refractivity (Wildman–Crippen MR) is 116 cm³/mol. The number of rotatable bonds is 10. The average molecular weight is 425 g/mol. The lowest BCUT2D eigenvalue weighted by molar-refractivity contribution is -0.130.